The van der Waals surface area contributed by atoms with E-state index in [-0.39, 0.29) is 5.91 Å². The first-order valence-electron chi connectivity index (χ1n) is 8.17. The number of aromatic nitrogens is 1. The van der Waals surface area contributed by atoms with Gasteiger partial charge in [-0.25, -0.2) is 4.98 Å². The normalized spacial score (nSPS) is 11.0. The number of anilines is 1. The molecule has 0 bridgehead atoms. The van der Waals surface area contributed by atoms with Crippen molar-refractivity contribution >= 4 is 59.3 Å². The van der Waals surface area contributed by atoms with E-state index in [9.17, 15) is 4.79 Å². The van der Waals surface area contributed by atoms with Crippen molar-refractivity contribution in [3.63, 3.8) is 0 Å². The van der Waals surface area contributed by atoms with E-state index in [1.54, 1.807) is 0 Å². The largest absolute Gasteiger partial charge is 0.493 e. The SMILES string of the molecule is CCOc1ccc2ccccc2c1C(=O)Nc1nc2ccc(Br)cc2s1. The average molecular weight is 427 g/mol. The van der Waals surface area contributed by atoms with Crippen molar-refractivity contribution in [2.75, 3.05) is 11.9 Å². The summed E-state index contributed by atoms with van der Waals surface area (Å²) in [7, 11) is 0. The molecular weight excluding hydrogens is 412 g/mol. The Balaban J connectivity index is 1.75. The van der Waals surface area contributed by atoms with Crippen LogP contribution in [0.5, 0.6) is 5.75 Å². The van der Waals surface area contributed by atoms with Crippen LogP contribution in [0.15, 0.2) is 59.1 Å². The lowest BCUT2D eigenvalue weighted by Gasteiger charge is -2.12. The van der Waals surface area contributed by atoms with Crippen LogP contribution in [0.25, 0.3) is 21.0 Å². The van der Waals surface area contributed by atoms with E-state index in [1.165, 1.54) is 11.3 Å². The van der Waals surface area contributed by atoms with E-state index in [4.69, 9.17) is 4.74 Å². The van der Waals surface area contributed by atoms with Crippen molar-refractivity contribution in [1.29, 1.82) is 0 Å². The predicted octanol–water partition coefficient (Wildman–Crippen LogP) is 5.86. The van der Waals surface area contributed by atoms with Crippen LogP contribution in [-0.2, 0) is 0 Å². The molecule has 4 rings (SSSR count). The van der Waals surface area contributed by atoms with Crippen molar-refractivity contribution in [2.45, 2.75) is 6.92 Å². The van der Waals surface area contributed by atoms with Crippen LogP contribution in [0.4, 0.5) is 5.13 Å². The van der Waals surface area contributed by atoms with Crippen LogP contribution < -0.4 is 10.1 Å². The molecule has 0 fully saturated rings. The van der Waals surface area contributed by atoms with Crippen molar-refractivity contribution in [3.05, 3.63) is 64.6 Å². The zero-order chi connectivity index (χ0) is 18.1. The van der Waals surface area contributed by atoms with Gasteiger partial charge < -0.3 is 4.74 Å². The Bertz CT molecular complexity index is 1120. The number of thiazole rings is 1. The van der Waals surface area contributed by atoms with Crippen molar-refractivity contribution in [1.82, 2.24) is 4.98 Å². The third-order valence-corrected chi connectivity index (χ3v) is 5.42. The van der Waals surface area contributed by atoms with Gasteiger partial charge in [-0.2, -0.15) is 0 Å². The Hall–Kier alpha value is -2.44. The van der Waals surface area contributed by atoms with Crippen molar-refractivity contribution in [3.8, 4) is 5.75 Å². The summed E-state index contributed by atoms with van der Waals surface area (Å²) in [5.74, 6) is 0.357. The molecule has 26 heavy (non-hydrogen) atoms. The maximum absolute atomic E-state index is 13.0. The number of carbonyl (C=O) groups is 1. The van der Waals surface area contributed by atoms with Gasteiger partial charge >= 0.3 is 0 Å². The van der Waals surface area contributed by atoms with Gasteiger partial charge in [-0.15, -0.1) is 0 Å². The van der Waals surface area contributed by atoms with Crippen molar-refractivity contribution in [2.24, 2.45) is 0 Å². The maximum atomic E-state index is 13.0. The Kier molecular flexibility index (Phi) is 4.61. The van der Waals surface area contributed by atoms with Gasteiger partial charge in [-0.1, -0.05) is 57.6 Å². The quantitative estimate of drug-likeness (QED) is 0.444. The first kappa shape index (κ1) is 17.0. The predicted molar refractivity (Wildman–Crippen MR) is 110 cm³/mol. The summed E-state index contributed by atoms with van der Waals surface area (Å²) in [6, 6.07) is 17.5. The molecule has 0 spiro atoms. The second-order valence-corrected chi connectivity index (χ2v) is 7.62. The lowest BCUT2D eigenvalue weighted by Crippen LogP contribution is -2.14. The van der Waals surface area contributed by atoms with Crippen LogP contribution in [-0.4, -0.2) is 17.5 Å². The Morgan fingerprint density at radius 1 is 1.19 bits per heavy atom. The highest BCUT2D eigenvalue weighted by Crippen LogP contribution is 2.32. The number of fused-ring (bicyclic) bond motifs is 2. The Labute approximate surface area is 162 Å². The number of hydrogen-bond acceptors (Lipinski definition) is 4. The minimum atomic E-state index is -0.219. The van der Waals surface area contributed by atoms with Gasteiger partial charge in [0.15, 0.2) is 5.13 Å². The number of carbonyl (C=O) groups excluding carboxylic acids is 1. The lowest BCUT2D eigenvalue weighted by molar-refractivity contribution is 0.102. The molecule has 1 aromatic heterocycles. The molecule has 0 unspecified atom stereocenters. The van der Waals surface area contributed by atoms with Crippen LogP contribution in [0.1, 0.15) is 17.3 Å². The molecule has 0 aliphatic heterocycles. The summed E-state index contributed by atoms with van der Waals surface area (Å²) in [6.45, 7) is 2.40. The van der Waals surface area contributed by atoms with Crippen LogP contribution in [0.3, 0.4) is 0 Å². The number of ether oxygens (including phenoxy) is 1. The molecule has 6 heteroatoms. The summed E-state index contributed by atoms with van der Waals surface area (Å²) >= 11 is 4.90. The highest BCUT2D eigenvalue weighted by atomic mass is 79.9. The first-order chi connectivity index (χ1) is 12.7. The van der Waals surface area contributed by atoms with E-state index in [0.29, 0.717) is 23.1 Å². The summed E-state index contributed by atoms with van der Waals surface area (Å²) in [4.78, 5) is 17.5. The average Bonchev–Trinajstić information content (AvgIpc) is 3.02. The zero-order valence-corrected chi connectivity index (χ0v) is 16.4. The number of benzene rings is 3. The third kappa shape index (κ3) is 3.18. The number of nitrogens with zero attached hydrogens (tertiary/aromatic N) is 1. The number of halogens is 1. The van der Waals surface area contributed by atoms with Crippen LogP contribution >= 0.6 is 27.3 Å². The summed E-state index contributed by atoms with van der Waals surface area (Å²) < 4.78 is 7.69. The fourth-order valence-electron chi connectivity index (χ4n) is 2.87. The highest BCUT2D eigenvalue weighted by molar-refractivity contribution is 9.10. The molecule has 0 aliphatic rings. The molecule has 130 valence electrons. The number of amides is 1. The minimum Gasteiger partial charge on any atom is -0.493 e. The minimum absolute atomic E-state index is 0.219. The van der Waals surface area contributed by atoms with E-state index in [2.05, 4.69) is 26.2 Å². The summed E-state index contributed by atoms with van der Waals surface area (Å²) in [6.07, 6.45) is 0. The fourth-order valence-corrected chi connectivity index (χ4v) is 4.29. The molecule has 1 N–H and O–H groups in total. The van der Waals surface area contributed by atoms with Gasteiger partial charge in [0.2, 0.25) is 0 Å². The monoisotopic (exact) mass is 426 g/mol. The number of rotatable bonds is 4. The molecule has 0 radical (unpaired) electrons. The van der Waals surface area contributed by atoms with Gasteiger partial charge in [-0.05, 0) is 42.0 Å². The molecular formula is C20H15BrN2O2S. The fraction of sp³-hybridized carbons (Fsp3) is 0.100. The molecule has 4 aromatic rings. The zero-order valence-electron chi connectivity index (χ0n) is 14.0. The topological polar surface area (TPSA) is 51.2 Å². The summed E-state index contributed by atoms with van der Waals surface area (Å²) in [5.41, 5.74) is 1.39. The van der Waals surface area contributed by atoms with Crippen LogP contribution in [0, 0.1) is 0 Å². The van der Waals surface area contributed by atoms with Gasteiger partial charge in [0.25, 0.3) is 5.91 Å². The maximum Gasteiger partial charge on any atom is 0.261 e. The second-order valence-electron chi connectivity index (χ2n) is 5.68. The highest BCUT2D eigenvalue weighted by Gasteiger charge is 2.18. The molecule has 3 aromatic carbocycles. The second kappa shape index (κ2) is 7.05. The van der Waals surface area contributed by atoms with Crippen molar-refractivity contribution < 1.29 is 9.53 Å². The van der Waals surface area contributed by atoms with Gasteiger partial charge in [0.05, 0.1) is 22.4 Å². The number of hydrogen-bond donors (Lipinski definition) is 1. The Morgan fingerprint density at radius 3 is 2.88 bits per heavy atom. The van der Waals surface area contributed by atoms with E-state index < -0.39 is 0 Å². The standard InChI is InChI=1S/C20H15BrN2O2S/c1-2-25-16-10-7-12-5-3-4-6-14(12)18(16)19(24)23-20-22-15-9-8-13(21)11-17(15)26-20/h3-11H,2H2,1H3,(H,22,23,24). The Morgan fingerprint density at radius 2 is 2.04 bits per heavy atom. The molecule has 4 nitrogen and oxygen atoms in total. The number of nitrogens with one attached hydrogen (secondary N) is 1. The first-order valence-corrected chi connectivity index (χ1v) is 9.78. The molecule has 1 amide bonds. The van der Waals surface area contributed by atoms with E-state index in [0.717, 1.165) is 25.5 Å². The smallest absolute Gasteiger partial charge is 0.261 e. The van der Waals surface area contributed by atoms with Gasteiger partial charge in [-0.3, -0.25) is 10.1 Å². The third-order valence-electron chi connectivity index (χ3n) is 3.99. The molecule has 0 saturated carbocycles. The van der Waals surface area contributed by atoms with E-state index in [1.807, 2.05) is 61.5 Å². The van der Waals surface area contributed by atoms with Crippen LogP contribution in [0.2, 0.25) is 0 Å². The molecule has 0 aliphatic carbocycles. The summed E-state index contributed by atoms with van der Waals surface area (Å²) in [5, 5.41) is 5.35. The molecule has 0 atom stereocenters. The van der Waals surface area contributed by atoms with Gasteiger partial charge in [0, 0.05) is 4.47 Å². The lowest BCUT2D eigenvalue weighted by atomic mass is 10.0. The van der Waals surface area contributed by atoms with E-state index >= 15 is 0 Å². The molecule has 1 heterocycles. The molecule has 0 saturated heterocycles. The van der Waals surface area contributed by atoms with Gasteiger partial charge in [0.1, 0.15) is 5.75 Å².